The van der Waals surface area contributed by atoms with Gasteiger partial charge in [-0.3, -0.25) is 14.9 Å². The van der Waals surface area contributed by atoms with Gasteiger partial charge in [0.1, 0.15) is 5.75 Å². The predicted molar refractivity (Wildman–Crippen MR) is 102 cm³/mol. The van der Waals surface area contributed by atoms with Crippen LogP contribution in [0.15, 0.2) is 42.5 Å². The minimum absolute atomic E-state index is 0.0225. The van der Waals surface area contributed by atoms with Crippen molar-refractivity contribution in [3.05, 3.63) is 58.1 Å². The number of non-ortho nitro benzene ring substituents is 1. The molecule has 0 bridgehead atoms. The second-order valence-corrected chi connectivity index (χ2v) is 5.76. The number of aryl methyl sites for hydroxylation is 1. The number of nitro groups is 1. The number of carbonyl (C=O) groups excluding carboxylic acids is 1. The van der Waals surface area contributed by atoms with Crippen molar-refractivity contribution < 1.29 is 14.5 Å². The van der Waals surface area contributed by atoms with Gasteiger partial charge in [0, 0.05) is 36.6 Å². The molecule has 0 heterocycles. The smallest absolute Gasteiger partial charge is 0.269 e. The maximum absolute atomic E-state index is 12.1. The molecule has 1 amide bonds. The third-order valence-corrected chi connectivity index (χ3v) is 4.03. The SMILES string of the molecule is CCN(CC)c1ccc(NC(=O)COc2ccc([N+](=O)[O-])cc2)c(C)c1. The number of carbonyl (C=O) groups is 1. The van der Waals surface area contributed by atoms with E-state index in [0.717, 1.165) is 30.0 Å². The monoisotopic (exact) mass is 357 g/mol. The highest BCUT2D eigenvalue weighted by molar-refractivity contribution is 5.92. The second kappa shape index (κ2) is 8.84. The minimum Gasteiger partial charge on any atom is -0.484 e. The second-order valence-electron chi connectivity index (χ2n) is 5.76. The van der Waals surface area contributed by atoms with Crippen molar-refractivity contribution in [1.29, 1.82) is 0 Å². The van der Waals surface area contributed by atoms with E-state index in [4.69, 9.17) is 4.74 Å². The van der Waals surface area contributed by atoms with Crippen molar-refractivity contribution in [1.82, 2.24) is 0 Å². The third-order valence-electron chi connectivity index (χ3n) is 4.03. The van der Waals surface area contributed by atoms with E-state index in [9.17, 15) is 14.9 Å². The number of hydrogen-bond donors (Lipinski definition) is 1. The van der Waals surface area contributed by atoms with E-state index in [0.29, 0.717) is 5.75 Å². The highest BCUT2D eigenvalue weighted by Crippen LogP contribution is 2.23. The highest BCUT2D eigenvalue weighted by atomic mass is 16.6. The van der Waals surface area contributed by atoms with Crippen LogP contribution in [0.2, 0.25) is 0 Å². The van der Waals surface area contributed by atoms with Crippen LogP contribution in [0.1, 0.15) is 19.4 Å². The maximum Gasteiger partial charge on any atom is 0.269 e. The number of rotatable bonds is 8. The first-order valence-corrected chi connectivity index (χ1v) is 8.47. The standard InChI is InChI=1S/C19H23N3O4/c1-4-21(5-2)16-8-11-18(14(3)12-16)20-19(23)13-26-17-9-6-15(7-10-17)22(24)25/h6-12H,4-5,13H2,1-3H3,(H,20,23). The summed E-state index contributed by atoms with van der Waals surface area (Å²) in [7, 11) is 0. The van der Waals surface area contributed by atoms with Crippen molar-refractivity contribution in [2.24, 2.45) is 0 Å². The summed E-state index contributed by atoms with van der Waals surface area (Å²) >= 11 is 0. The Hall–Kier alpha value is -3.09. The quantitative estimate of drug-likeness (QED) is 0.574. The summed E-state index contributed by atoms with van der Waals surface area (Å²) in [5.74, 6) is 0.112. The lowest BCUT2D eigenvalue weighted by Crippen LogP contribution is -2.23. The summed E-state index contributed by atoms with van der Waals surface area (Å²) in [5, 5.41) is 13.4. The van der Waals surface area contributed by atoms with Crippen molar-refractivity contribution in [3.63, 3.8) is 0 Å². The molecule has 0 aliphatic heterocycles. The molecule has 0 aliphatic rings. The van der Waals surface area contributed by atoms with Gasteiger partial charge in [-0.05, 0) is 56.7 Å². The van der Waals surface area contributed by atoms with E-state index in [-0.39, 0.29) is 18.2 Å². The molecule has 0 unspecified atom stereocenters. The molecule has 0 saturated heterocycles. The van der Waals surface area contributed by atoms with Gasteiger partial charge in [0.25, 0.3) is 11.6 Å². The Balaban J connectivity index is 1.94. The van der Waals surface area contributed by atoms with Crippen LogP contribution in [0, 0.1) is 17.0 Å². The van der Waals surface area contributed by atoms with Crippen LogP contribution in [-0.2, 0) is 4.79 Å². The number of ether oxygens (including phenoxy) is 1. The summed E-state index contributed by atoms with van der Waals surface area (Å²) < 4.78 is 5.37. The molecule has 2 rings (SSSR count). The van der Waals surface area contributed by atoms with E-state index >= 15 is 0 Å². The summed E-state index contributed by atoms with van der Waals surface area (Å²) in [6.45, 7) is 7.82. The fourth-order valence-corrected chi connectivity index (χ4v) is 2.57. The molecule has 138 valence electrons. The first kappa shape index (κ1) is 19.2. The highest BCUT2D eigenvalue weighted by Gasteiger charge is 2.09. The van der Waals surface area contributed by atoms with Crippen molar-refractivity contribution in [3.8, 4) is 5.75 Å². The Bertz CT molecular complexity index is 771. The Morgan fingerprint density at radius 1 is 1.15 bits per heavy atom. The van der Waals surface area contributed by atoms with Crippen LogP contribution in [0.5, 0.6) is 5.75 Å². The molecular weight excluding hydrogens is 334 g/mol. The third kappa shape index (κ3) is 4.95. The van der Waals surface area contributed by atoms with Crippen LogP contribution in [-0.4, -0.2) is 30.5 Å². The largest absolute Gasteiger partial charge is 0.484 e. The normalized spacial score (nSPS) is 10.3. The molecule has 0 spiro atoms. The summed E-state index contributed by atoms with van der Waals surface area (Å²) in [4.78, 5) is 24.5. The number of nitro benzene ring substituents is 1. The molecule has 0 atom stereocenters. The van der Waals surface area contributed by atoms with E-state index < -0.39 is 4.92 Å². The molecule has 7 heteroatoms. The molecule has 2 aromatic rings. The maximum atomic E-state index is 12.1. The Kier molecular flexibility index (Phi) is 6.54. The molecule has 2 aromatic carbocycles. The number of nitrogens with zero attached hydrogens (tertiary/aromatic N) is 2. The molecule has 0 aromatic heterocycles. The Morgan fingerprint density at radius 3 is 2.35 bits per heavy atom. The van der Waals surface area contributed by atoms with Gasteiger partial charge in [0.05, 0.1) is 4.92 Å². The fourth-order valence-electron chi connectivity index (χ4n) is 2.57. The zero-order valence-electron chi connectivity index (χ0n) is 15.2. The first-order valence-electron chi connectivity index (χ1n) is 8.47. The van der Waals surface area contributed by atoms with Crippen molar-refractivity contribution >= 4 is 23.0 Å². The molecule has 0 radical (unpaired) electrons. The lowest BCUT2D eigenvalue weighted by molar-refractivity contribution is -0.384. The van der Waals surface area contributed by atoms with E-state index in [2.05, 4.69) is 24.1 Å². The van der Waals surface area contributed by atoms with Gasteiger partial charge in [-0.2, -0.15) is 0 Å². The molecule has 26 heavy (non-hydrogen) atoms. The average Bonchev–Trinajstić information content (AvgIpc) is 2.63. The molecule has 7 nitrogen and oxygen atoms in total. The lowest BCUT2D eigenvalue weighted by atomic mass is 10.1. The number of amides is 1. The zero-order chi connectivity index (χ0) is 19.1. The number of hydrogen-bond acceptors (Lipinski definition) is 5. The van der Waals surface area contributed by atoms with Gasteiger partial charge in [-0.15, -0.1) is 0 Å². The van der Waals surface area contributed by atoms with E-state index in [1.165, 1.54) is 24.3 Å². The molecule has 0 aliphatic carbocycles. The molecule has 0 fully saturated rings. The summed E-state index contributed by atoms with van der Waals surface area (Å²) in [5.41, 5.74) is 2.80. The van der Waals surface area contributed by atoms with E-state index in [1.54, 1.807) is 0 Å². The van der Waals surface area contributed by atoms with Gasteiger partial charge < -0.3 is 15.0 Å². The summed E-state index contributed by atoms with van der Waals surface area (Å²) in [6, 6.07) is 11.5. The van der Waals surface area contributed by atoms with Crippen LogP contribution in [0.4, 0.5) is 17.1 Å². The van der Waals surface area contributed by atoms with Crippen LogP contribution >= 0.6 is 0 Å². The topological polar surface area (TPSA) is 84.7 Å². The van der Waals surface area contributed by atoms with Crippen LogP contribution in [0.3, 0.4) is 0 Å². The molecular formula is C19H23N3O4. The summed E-state index contributed by atoms with van der Waals surface area (Å²) in [6.07, 6.45) is 0. The van der Waals surface area contributed by atoms with Crippen LogP contribution < -0.4 is 15.0 Å². The van der Waals surface area contributed by atoms with Gasteiger partial charge in [0.15, 0.2) is 6.61 Å². The first-order chi connectivity index (χ1) is 12.4. The number of nitrogens with one attached hydrogen (secondary N) is 1. The Morgan fingerprint density at radius 2 is 1.81 bits per heavy atom. The van der Waals surface area contributed by atoms with E-state index in [1.807, 2.05) is 25.1 Å². The minimum atomic E-state index is -0.485. The Labute approximate surface area is 152 Å². The average molecular weight is 357 g/mol. The van der Waals surface area contributed by atoms with Crippen molar-refractivity contribution in [2.75, 3.05) is 29.9 Å². The fraction of sp³-hybridized carbons (Fsp3) is 0.316. The van der Waals surface area contributed by atoms with Crippen LogP contribution in [0.25, 0.3) is 0 Å². The van der Waals surface area contributed by atoms with Gasteiger partial charge in [-0.1, -0.05) is 0 Å². The van der Waals surface area contributed by atoms with Gasteiger partial charge in [0.2, 0.25) is 0 Å². The number of anilines is 2. The molecule has 1 N–H and O–H groups in total. The lowest BCUT2D eigenvalue weighted by Gasteiger charge is -2.22. The van der Waals surface area contributed by atoms with Crippen molar-refractivity contribution in [2.45, 2.75) is 20.8 Å². The zero-order valence-corrected chi connectivity index (χ0v) is 15.2. The van der Waals surface area contributed by atoms with Gasteiger partial charge in [-0.25, -0.2) is 0 Å². The predicted octanol–water partition coefficient (Wildman–Crippen LogP) is 3.77. The molecule has 0 saturated carbocycles. The van der Waals surface area contributed by atoms with Gasteiger partial charge >= 0.3 is 0 Å². The number of benzene rings is 2.